The zero-order valence-electron chi connectivity index (χ0n) is 30.0. The zero-order valence-corrected chi connectivity index (χ0v) is 30.0. The number of oxime groups is 1. The highest BCUT2D eigenvalue weighted by molar-refractivity contribution is 5.99. The van der Waals surface area contributed by atoms with E-state index in [4.69, 9.17) is 19.0 Å². The molecule has 286 valence electrons. The van der Waals surface area contributed by atoms with E-state index < -0.39 is 70.7 Å². The Morgan fingerprint density at radius 1 is 1.15 bits per heavy atom. The molecule has 16 nitrogen and oxygen atoms in total. The van der Waals surface area contributed by atoms with Gasteiger partial charge in [0.15, 0.2) is 11.3 Å². The largest absolute Gasteiger partial charge is 0.460 e. The lowest BCUT2D eigenvalue weighted by Crippen LogP contribution is -2.52. The van der Waals surface area contributed by atoms with E-state index in [2.05, 4.69) is 20.8 Å². The van der Waals surface area contributed by atoms with Gasteiger partial charge in [-0.05, 0) is 45.9 Å². The monoisotopic (exact) mass is 751 g/mol. The number of ether oxygens (including phenoxy) is 3. The van der Waals surface area contributed by atoms with Gasteiger partial charge in [-0.25, -0.2) is 18.6 Å². The molecule has 0 unspecified atom stereocenters. The Kier molecular flexibility index (Phi) is 10.9. The summed E-state index contributed by atoms with van der Waals surface area (Å²) < 4.78 is 45.8. The summed E-state index contributed by atoms with van der Waals surface area (Å²) in [7, 11) is 2.96. The van der Waals surface area contributed by atoms with Crippen molar-refractivity contribution in [3.8, 4) is 5.75 Å². The van der Waals surface area contributed by atoms with Crippen molar-refractivity contribution in [1.82, 2.24) is 25.1 Å². The summed E-state index contributed by atoms with van der Waals surface area (Å²) in [4.78, 5) is 79.9. The van der Waals surface area contributed by atoms with Gasteiger partial charge in [-0.1, -0.05) is 17.3 Å². The van der Waals surface area contributed by atoms with Gasteiger partial charge in [-0.3, -0.25) is 24.1 Å². The molecular weight excluding hydrogens is 712 g/mol. The summed E-state index contributed by atoms with van der Waals surface area (Å²) in [5.41, 5.74) is -1.45. The molecule has 1 aromatic carbocycles. The maximum Gasteiger partial charge on any atom is 0.418 e. The molecule has 6 rings (SSSR count). The SMILES string of the molecule is CNCC(=O)OCc1cccnc1N(C)C(=O)OCOc1c2n(cc(C(=O)NCc3ccc(F)cc3F)c1=O)[C@@H]1CN(C2=O)[C@@H](C)CC[C@]12CC(C)=NO2. The number of anilines is 1. The van der Waals surface area contributed by atoms with Gasteiger partial charge in [-0.15, -0.1) is 0 Å². The number of pyridine rings is 2. The number of hydrogen-bond donors (Lipinski definition) is 2. The number of nitrogens with zero attached hydrogens (tertiary/aromatic N) is 5. The fraction of sp³-hybridized carbons (Fsp3) is 0.417. The lowest BCUT2D eigenvalue weighted by molar-refractivity contribution is -0.143. The van der Waals surface area contributed by atoms with E-state index in [1.54, 1.807) is 24.1 Å². The van der Waals surface area contributed by atoms with E-state index in [0.717, 1.165) is 16.7 Å². The molecule has 3 aliphatic heterocycles. The molecule has 2 N–H and O–H groups in total. The van der Waals surface area contributed by atoms with Crippen LogP contribution in [0.15, 0.2) is 52.7 Å². The third-order valence-corrected chi connectivity index (χ3v) is 9.68. The third kappa shape index (κ3) is 7.46. The smallest absolute Gasteiger partial charge is 0.418 e. The van der Waals surface area contributed by atoms with Gasteiger partial charge in [0.1, 0.15) is 29.6 Å². The highest BCUT2D eigenvalue weighted by Crippen LogP contribution is 2.46. The lowest BCUT2D eigenvalue weighted by Gasteiger charge is -2.42. The van der Waals surface area contributed by atoms with Crippen LogP contribution in [0.1, 0.15) is 71.1 Å². The van der Waals surface area contributed by atoms with Crippen molar-refractivity contribution in [3.05, 3.63) is 87.0 Å². The van der Waals surface area contributed by atoms with Gasteiger partial charge in [0, 0.05) is 62.2 Å². The summed E-state index contributed by atoms with van der Waals surface area (Å²) in [5.74, 6) is -4.12. The van der Waals surface area contributed by atoms with Crippen molar-refractivity contribution in [2.45, 2.75) is 63.9 Å². The second kappa shape index (κ2) is 15.6. The van der Waals surface area contributed by atoms with Gasteiger partial charge in [0.2, 0.25) is 18.0 Å². The molecule has 1 spiro atoms. The van der Waals surface area contributed by atoms with E-state index in [-0.39, 0.29) is 49.4 Å². The second-order valence-corrected chi connectivity index (χ2v) is 13.3. The molecule has 0 radical (unpaired) electrons. The number of benzene rings is 1. The number of nitrogens with one attached hydrogen (secondary N) is 2. The average molecular weight is 752 g/mol. The van der Waals surface area contributed by atoms with Crippen molar-refractivity contribution in [2.75, 3.05) is 38.9 Å². The maximum absolute atomic E-state index is 14.4. The Balaban J connectivity index is 1.31. The standard InChI is InChI=1S/C36H39F2N7O9/c1-20-13-36(54-42-20)10-9-21(2)44-17-27(36)45-16-25(33(48)41-14-22-7-8-24(37)12-26(22)38)30(47)31(29(45)34(44)49)52-19-53-35(50)43(4)32-23(6-5-11-40-32)18-51-28(46)15-39-3/h5-8,11-12,16,21,27,39H,9-10,13-15,17-19H2,1-4H3,(H,41,48)/t21-,27+,36-/m0/s1. The lowest BCUT2D eigenvalue weighted by atomic mass is 9.84. The van der Waals surface area contributed by atoms with Gasteiger partial charge >= 0.3 is 12.1 Å². The molecule has 2 aromatic heterocycles. The highest BCUT2D eigenvalue weighted by Gasteiger charge is 2.54. The molecule has 0 aliphatic carbocycles. The molecule has 3 aromatic rings. The normalized spacial score (nSPS) is 20.0. The quantitative estimate of drug-likeness (QED) is 0.217. The molecule has 3 atom stereocenters. The fourth-order valence-corrected chi connectivity index (χ4v) is 6.86. The van der Waals surface area contributed by atoms with Crippen LogP contribution in [0, 0.1) is 11.6 Å². The number of carbonyl (C=O) groups is 4. The van der Waals surface area contributed by atoms with E-state index in [1.165, 1.54) is 30.1 Å². The number of halogens is 2. The summed E-state index contributed by atoms with van der Waals surface area (Å²) in [6.07, 6.45) is 3.20. The predicted molar refractivity (Wildman–Crippen MR) is 187 cm³/mol. The predicted octanol–water partition coefficient (Wildman–Crippen LogP) is 3.04. The maximum atomic E-state index is 14.4. The summed E-state index contributed by atoms with van der Waals surface area (Å²) in [5, 5.41) is 9.38. The van der Waals surface area contributed by atoms with Gasteiger partial charge < -0.3 is 39.1 Å². The second-order valence-electron chi connectivity index (χ2n) is 13.3. The Labute approximate surface area is 308 Å². The summed E-state index contributed by atoms with van der Waals surface area (Å²) in [6, 6.07) is 5.20. The number of likely N-dealkylation sites (N-methyl/N-ethyl adjacent to an activating group) is 1. The molecule has 1 saturated heterocycles. The molecule has 3 aliphatic rings. The molecule has 5 heterocycles. The first-order valence-electron chi connectivity index (χ1n) is 17.1. The van der Waals surface area contributed by atoms with Crippen LogP contribution in [-0.4, -0.2) is 89.7 Å². The fourth-order valence-electron chi connectivity index (χ4n) is 6.86. The van der Waals surface area contributed by atoms with Gasteiger partial charge in [0.25, 0.3) is 11.8 Å². The van der Waals surface area contributed by atoms with Crippen LogP contribution in [0.25, 0.3) is 0 Å². The van der Waals surface area contributed by atoms with Crippen molar-refractivity contribution in [1.29, 1.82) is 0 Å². The number of aromatic nitrogens is 2. The van der Waals surface area contributed by atoms with Crippen molar-refractivity contribution >= 4 is 35.4 Å². The van der Waals surface area contributed by atoms with E-state index >= 15 is 0 Å². The Hall–Kier alpha value is -5.91. The highest BCUT2D eigenvalue weighted by atomic mass is 19.1. The topological polar surface area (TPSA) is 183 Å². The van der Waals surface area contributed by atoms with Crippen LogP contribution < -0.4 is 25.7 Å². The Morgan fingerprint density at radius 3 is 2.67 bits per heavy atom. The molecule has 2 bridgehead atoms. The van der Waals surface area contributed by atoms with Crippen molar-refractivity contribution in [3.63, 3.8) is 0 Å². The van der Waals surface area contributed by atoms with E-state index in [0.29, 0.717) is 30.9 Å². The number of esters is 1. The third-order valence-electron chi connectivity index (χ3n) is 9.68. The molecular formula is C36H39F2N7O9. The minimum Gasteiger partial charge on any atom is -0.460 e. The number of amides is 3. The number of rotatable bonds is 11. The van der Waals surface area contributed by atoms with Gasteiger partial charge in [0.05, 0.1) is 18.3 Å². The number of carbonyl (C=O) groups excluding carboxylic acids is 4. The van der Waals surface area contributed by atoms with Crippen LogP contribution in [-0.2, 0) is 32.3 Å². The summed E-state index contributed by atoms with van der Waals surface area (Å²) >= 11 is 0. The van der Waals surface area contributed by atoms with Gasteiger partial charge in [-0.2, -0.15) is 0 Å². The van der Waals surface area contributed by atoms with Crippen LogP contribution in [0.5, 0.6) is 5.75 Å². The minimum atomic E-state index is -0.993. The van der Waals surface area contributed by atoms with Crippen LogP contribution in [0.3, 0.4) is 0 Å². The number of fused-ring (bicyclic) bond motifs is 5. The first-order chi connectivity index (χ1) is 25.8. The average Bonchev–Trinajstić information content (AvgIpc) is 3.48. The van der Waals surface area contributed by atoms with E-state index in [9.17, 15) is 32.8 Å². The number of hydrogen-bond acceptors (Lipinski definition) is 12. The molecule has 3 amide bonds. The summed E-state index contributed by atoms with van der Waals surface area (Å²) in [6.45, 7) is 2.42. The molecule has 18 heteroatoms. The first kappa shape index (κ1) is 37.8. The Morgan fingerprint density at radius 2 is 1.94 bits per heavy atom. The zero-order chi connectivity index (χ0) is 38.7. The Bertz CT molecular complexity index is 2080. The first-order valence-corrected chi connectivity index (χ1v) is 17.1. The minimum absolute atomic E-state index is 0.0223. The van der Waals surface area contributed by atoms with Crippen LogP contribution >= 0.6 is 0 Å². The van der Waals surface area contributed by atoms with Crippen molar-refractivity contribution < 1.29 is 47.0 Å². The van der Waals surface area contributed by atoms with E-state index in [1.807, 2.05) is 13.8 Å². The van der Waals surface area contributed by atoms with Crippen molar-refractivity contribution in [2.24, 2.45) is 5.16 Å². The molecule has 54 heavy (non-hydrogen) atoms. The van der Waals surface area contributed by atoms with Crippen LogP contribution in [0.2, 0.25) is 0 Å². The molecule has 1 fully saturated rings. The molecule has 0 saturated carbocycles. The van der Waals surface area contributed by atoms with Crippen LogP contribution in [0.4, 0.5) is 19.4 Å².